The summed E-state index contributed by atoms with van der Waals surface area (Å²) in [4.78, 5) is 29.1. The molecule has 0 spiro atoms. The van der Waals surface area contributed by atoms with Crippen LogP contribution in [0.4, 0.5) is 5.69 Å². The number of rotatable bonds is 7. The molecule has 2 heterocycles. The zero-order valence-electron chi connectivity index (χ0n) is 22.4. The molecule has 39 heavy (non-hydrogen) atoms. The van der Waals surface area contributed by atoms with Gasteiger partial charge in [0.1, 0.15) is 0 Å². The van der Waals surface area contributed by atoms with Crippen LogP contribution >= 0.6 is 0 Å². The summed E-state index contributed by atoms with van der Waals surface area (Å²) in [5.41, 5.74) is 6.77. The van der Waals surface area contributed by atoms with Gasteiger partial charge in [-0.15, -0.1) is 0 Å². The number of sulfone groups is 1. The number of anilines is 1. The van der Waals surface area contributed by atoms with Gasteiger partial charge < -0.3 is 10.2 Å². The number of amides is 2. The number of carbonyl (C=O) groups excluding carboxylic acids is 2. The van der Waals surface area contributed by atoms with E-state index in [-0.39, 0.29) is 26.9 Å². The van der Waals surface area contributed by atoms with Gasteiger partial charge in [-0.05, 0) is 81.2 Å². The van der Waals surface area contributed by atoms with Crippen molar-refractivity contribution < 1.29 is 18.0 Å². The Balaban J connectivity index is 1.47. The number of nitrogens with one attached hydrogen (secondary N) is 2. The van der Waals surface area contributed by atoms with E-state index in [1.807, 2.05) is 32.0 Å². The van der Waals surface area contributed by atoms with Crippen molar-refractivity contribution in [3.8, 4) is 0 Å². The van der Waals surface area contributed by atoms with Crippen molar-refractivity contribution in [1.29, 1.82) is 0 Å². The number of piperidine rings is 1. The van der Waals surface area contributed by atoms with Gasteiger partial charge in [0.25, 0.3) is 11.8 Å². The Hall–Kier alpha value is -3.53. The van der Waals surface area contributed by atoms with Crippen molar-refractivity contribution in [2.24, 2.45) is 0 Å². The molecule has 8 nitrogen and oxygen atoms in total. The number of hydrogen-bond acceptors (Lipinski definition) is 6. The van der Waals surface area contributed by atoms with Crippen LogP contribution in [0.5, 0.6) is 0 Å². The van der Waals surface area contributed by atoms with Crippen molar-refractivity contribution in [2.75, 3.05) is 31.2 Å². The first-order valence-corrected chi connectivity index (χ1v) is 14.9. The van der Waals surface area contributed by atoms with Crippen molar-refractivity contribution in [2.45, 2.75) is 49.4 Å². The Bertz CT molecular complexity index is 1510. The van der Waals surface area contributed by atoms with Crippen molar-refractivity contribution in [3.63, 3.8) is 0 Å². The fourth-order valence-corrected chi connectivity index (χ4v) is 6.82. The highest BCUT2D eigenvalue weighted by atomic mass is 32.2. The lowest BCUT2D eigenvalue weighted by Crippen LogP contribution is -2.43. The van der Waals surface area contributed by atoms with Crippen LogP contribution in [0.15, 0.2) is 70.5 Å². The minimum absolute atomic E-state index is 0.0286. The molecule has 3 aromatic carbocycles. The van der Waals surface area contributed by atoms with Crippen LogP contribution in [0.2, 0.25) is 0 Å². The molecule has 9 heteroatoms. The topological polar surface area (TPSA) is 98.8 Å². The molecular weight excluding hydrogens is 512 g/mol. The summed E-state index contributed by atoms with van der Waals surface area (Å²) >= 11 is 0. The van der Waals surface area contributed by atoms with Crippen LogP contribution in [-0.4, -0.2) is 51.3 Å². The number of hydrazine groups is 1. The second-order valence-corrected chi connectivity index (χ2v) is 12.1. The van der Waals surface area contributed by atoms with E-state index in [1.54, 1.807) is 12.1 Å². The molecule has 2 amide bonds. The molecule has 3 aromatic rings. The molecule has 1 fully saturated rings. The van der Waals surface area contributed by atoms with Crippen LogP contribution in [0.3, 0.4) is 0 Å². The Morgan fingerprint density at radius 3 is 2.49 bits per heavy atom. The quantitative estimate of drug-likeness (QED) is 0.465. The van der Waals surface area contributed by atoms with E-state index in [1.165, 1.54) is 54.6 Å². The highest BCUT2D eigenvalue weighted by molar-refractivity contribution is 7.91. The van der Waals surface area contributed by atoms with Crippen molar-refractivity contribution in [1.82, 2.24) is 15.6 Å². The maximum Gasteiger partial charge on any atom is 0.274 e. The molecule has 1 saturated heterocycles. The third kappa shape index (κ3) is 5.61. The summed E-state index contributed by atoms with van der Waals surface area (Å²) in [7, 11) is -4.02. The third-order valence-corrected chi connectivity index (χ3v) is 9.32. The van der Waals surface area contributed by atoms with Gasteiger partial charge in [0, 0.05) is 25.2 Å². The number of likely N-dealkylation sites (tertiary alicyclic amines) is 1. The first-order chi connectivity index (χ1) is 18.8. The van der Waals surface area contributed by atoms with E-state index in [4.69, 9.17) is 0 Å². The van der Waals surface area contributed by atoms with E-state index < -0.39 is 15.7 Å². The number of hydrogen-bond donors (Lipinski definition) is 2. The minimum Gasteiger partial charge on any atom is -0.351 e. The molecule has 2 aliphatic heterocycles. The lowest BCUT2D eigenvalue weighted by molar-refractivity contribution is 0.0942. The van der Waals surface area contributed by atoms with E-state index >= 15 is 0 Å². The van der Waals surface area contributed by atoms with Gasteiger partial charge >= 0.3 is 0 Å². The first kappa shape index (κ1) is 27.1. The molecule has 5 rings (SSSR count). The van der Waals surface area contributed by atoms with Gasteiger partial charge in [0.2, 0.25) is 9.84 Å². The zero-order chi connectivity index (χ0) is 27.6. The van der Waals surface area contributed by atoms with E-state index in [2.05, 4.69) is 15.6 Å². The SMILES string of the molecule is Cc1ccc(C)c(CNN2C(=O)c3ccccc3S(=O)(=O)c3ccc(C(=O)NCCN4CCCCC4)cc32)c1. The monoisotopic (exact) mass is 546 g/mol. The number of nitrogens with zero attached hydrogens (tertiary/aromatic N) is 2. The second kappa shape index (κ2) is 11.3. The molecule has 2 aliphatic rings. The summed E-state index contributed by atoms with van der Waals surface area (Å²) in [5, 5.41) is 4.22. The van der Waals surface area contributed by atoms with Crippen LogP contribution in [0, 0.1) is 13.8 Å². The van der Waals surface area contributed by atoms with Gasteiger partial charge in [0.15, 0.2) is 0 Å². The lowest BCUT2D eigenvalue weighted by atomic mass is 10.1. The first-order valence-electron chi connectivity index (χ1n) is 13.4. The van der Waals surface area contributed by atoms with Gasteiger partial charge in [0.05, 0.1) is 21.0 Å². The summed E-state index contributed by atoms with van der Waals surface area (Å²) in [6.45, 7) is 7.62. The highest BCUT2D eigenvalue weighted by Gasteiger charge is 2.36. The van der Waals surface area contributed by atoms with Gasteiger partial charge in [-0.1, -0.05) is 42.3 Å². The van der Waals surface area contributed by atoms with Gasteiger partial charge in [-0.3, -0.25) is 9.59 Å². The number of carbonyl (C=O) groups is 2. The minimum atomic E-state index is -4.02. The van der Waals surface area contributed by atoms with Crippen LogP contribution in [0.25, 0.3) is 0 Å². The second-order valence-electron chi connectivity index (χ2n) is 10.2. The molecule has 0 unspecified atom stereocenters. The van der Waals surface area contributed by atoms with Gasteiger partial charge in [-0.25, -0.2) is 18.9 Å². The third-order valence-electron chi connectivity index (χ3n) is 7.46. The molecule has 0 aromatic heterocycles. The lowest BCUT2D eigenvalue weighted by Gasteiger charge is -2.26. The highest BCUT2D eigenvalue weighted by Crippen LogP contribution is 2.36. The smallest absolute Gasteiger partial charge is 0.274 e. The number of aryl methyl sites for hydroxylation is 2. The zero-order valence-corrected chi connectivity index (χ0v) is 23.2. The van der Waals surface area contributed by atoms with Crippen molar-refractivity contribution >= 4 is 27.3 Å². The molecule has 0 aliphatic carbocycles. The molecule has 0 atom stereocenters. The average molecular weight is 547 g/mol. The normalized spacial score (nSPS) is 16.8. The average Bonchev–Trinajstić information content (AvgIpc) is 3.01. The maximum atomic E-state index is 13.8. The number of benzene rings is 3. The maximum absolute atomic E-state index is 13.8. The fraction of sp³-hybridized carbons (Fsp3) is 0.333. The standard InChI is InChI=1S/C30H34N4O4S/c1-21-10-11-22(2)24(18-21)20-32-34-26-19-23(29(35)31-14-17-33-15-6-3-7-16-33)12-13-28(26)39(37,38)27-9-5-4-8-25(27)30(34)36/h4-5,8-13,18-19,32H,3,6-7,14-17,20H2,1-2H3,(H,31,35). The predicted molar refractivity (Wildman–Crippen MR) is 151 cm³/mol. The van der Waals surface area contributed by atoms with Crippen LogP contribution < -0.4 is 15.8 Å². The largest absolute Gasteiger partial charge is 0.351 e. The Morgan fingerprint density at radius 1 is 0.923 bits per heavy atom. The molecule has 0 bridgehead atoms. The molecule has 0 saturated carbocycles. The summed E-state index contributed by atoms with van der Waals surface area (Å²) in [5.74, 6) is -0.809. The summed E-state index contributed by atoms with van der Waals surface area (Å²) < 4.78 is 27.4. The predicted octanol–water partition coefficient (Wildman–Crippen LogP) is 4.02. The van der Waals surface area contributed by atoms with E-state index in [0.29, 0.717) is 18.7 Å². The Labute approximate surface area is 229 Å². The Kier molecular flexibility index (Phi) is 7.83. The van der Waals surface area contributed by atoms with E-state index in [0.717, 1.165) is 36.3 Å². The summed E-state index contributed by atoms with van der Waals surface area (Å²) in [6.07, 6.45) is 3.60. The fourth-order valence-electron chi connectivity index (χ4n) is 5.21. The van der Waals surface area contributed by atoms with Crippen molar-refractivity contribution in [3.05, 3.63) is 88.5 Å². The molecule has 204 valence electrons. The summed E-state index contributed by atoms with van der Waals surface area (Å²) in [6, 6.07) is 16.7. The van der Waals surface area contributed by atoms with Crippen LogP contribution in [0.1, 0.15) is 56.7 Å². The molecular formula is C30H34N4O4S. The van der Waals surface area contributed by atoms with Gasteiger partial charge in [-0.2, -0.15) is 0 Å². The molecule has 2 N–H and O–H groups in total. The Morgan fingerprint density at radius 2 is 1.69 bits per heavy atom. The number of fused-ring (bicyclic) bond motifs is 2. The molecule has 0 radical (unpaired) electrons. The van der Waals surface area contributed by atoms with Crippen LogP contribution in [-0.2, 0) is 16.4 Å². The van der Waals surface area contributed by atoms with E-state index in [9.17, 15) is 18.0 Å².